The van der Waals surface area contributed by atoms with Crippen LogP contribution >= 0.6 is 11.6 Å². The van der Waals surface area contributed by atoms with Crippen molar-refractivity contribution in [1.29, 1.82) is 0 Å². The van der Waals surface area contributed by atoms with Crippen molar-refractivity contribution in [3.63, 3.8) is 0 Å². The summed E-state index contributed by atoms with van der Waals surface area (Å²) in [5.74, 6) is 0.0249. The summed E-state index contributed by atoms with van der Waals surface area (Å²) < 4.78 is 13.5. The van der Waals surface area contributed by atoms with Crippen LogP contribution in [0.25, 0.3) is 0 Å². The Balaban J connectivity index is 2.62. The van der Waals surface area contributed by atoms with Crippen LogP contribution < -0.4 is 0 Å². The molecule has 0 bridgehead atoms. The molecular formula is C11H12ClF. The van der Waals surface area contributed by atoms with E-state index in [4.69, 9.17) is 11.6 Å². The average molecular weight is 199 g/mol. The molecule has 1 aromatic rings. The molecule has 2 heteroatoms. The first kappa shape index (κ1) is 9.01. The van der Waals surface area contributed by atoms with E-state index in [0.29, 0.717) is 10.6 Å². The molecule has 0 aromatic heterocycles. The van der Waals surface area contributed by atoms with Gasteiger partial charge in [-0.1, -0.05) is 25.4 Å². The maximum absolute atomic E-state index is 13.5. The fourth-order valence-electron chi connectivity index (χ4n) is 1.83. The highest BCUT2D eigenvalue weighted by Crippen LogP contribution is 2.37. The number of hydrogen-bond acceptors (Lipinski definition) is 0. The maximum atomic E-state index is 13.5. The molecule has 0 N–H and O–H groups in total. The second-order valence-corrected chi connectivity index (χ2v) is 4.26. The highest BCUT2D eigenvalue weighted by molar-refractivity contribution is 6.32. The number of aryl methyl sites for hydroxylation is 1. The zero-order valence-corrected chi connectivity index (χ0v) is 8.58. The van der Waals surface area contributed by atoms with Crippen molar-refractivity contribution in [2.24, 2.45) is 0 Å². The van der Waals surface area contributed by atoms with E-state index in [9.17, 15) is 4.39 Å². The molecule has 0 radical (unpaired) electrons. The fourth-order valence-corrected chi connectivity index (χ4v) is 2.36. The average Bonchev–Trinajstić information content (AvgIpc) is 1.95. The van der Waals surface area contributed by atoms with Crippen LogP contribution in [0.15, 0.2) is 6.07 Å². The van der Waals surface area contributed by atoms with Gasteiger partial charge in [0.15, 0.2) is 0 Å². The van der Waals surface area contributed by atoms with Gasteiger partial charge in [0.25, 0.3) is 0 Å². The van der Waals surface area contributed by atoms with Crippen LogP contribution in [0.2, 0.25) is 5.02 Å². The number of benzene rings is 1. The molecule has 0 amide bonds. The van der Waals surface area contributed by atoms with E-state index in [0.717, 1.165) is 24.0 Å². The Labute approximate surface area is 82.7 Å². The van der Waals surface area contributed by atoms with Gasteiger partial charge in [0.1, 0.15) is 5.82 Å². The normalized spacial score (nSPS) is 14.2. The van der Waals surface area contributed by atoms with Crippen LogP contribution in [0.1, 0.15) is 36.5 Å². The summed E-state index contributed by atoms with van der Waals surface area (Å²) >= 11 is 6.11. The molecule has 0 aliphatic heterocycles. The second kappa shape index (κ2) is 2.98. The van der Waals surface area contributed by atoms with Crippen molar-refractivity contribution in [3.8, 4) is 0 Å². The van der Waals surface area contributed by atoms with E-state index in [-0.39, 0.29) is 11.7 Å². The molecule has 0 fully saturated rings. The molecule has 13 heavy (non-hydrogen) atoms. The molecule has 0 atom stereocenters. The third-order valence-corrected chi connectivity index (χ3v) is 3.10. The number of halogens is 2. The monoisotopic (exact) mass is 198 g/mol. The van der Waals surface area contributed by atoms with Crippen molar-refractivity contribution < 1.29 is 4.39 Å². The first-order chi connectivity index (χ1) is 6.11. The van der Waals surface area contributed by atoms with E-state index in [1.165, 1.54) is 0 Å². The molecule has 2 rings (SSSR count). The molecule has 0 heterocycles. The Hall–Kier alpha value is -0.560. The first-order valence-corrected chi connectivity index (χ1v) is 4.98. The zero-order chi connectivity index (χ0) is 9.59. The summed E-state index contributed by atoms with van der Waals surface area (Å²) in [5.41, 5.74) is 2.93. The minimum absolute atomic E-state index is 0.140. The van der Waals surface area contributed by atoms with E-state index in [1.54, 1.807) is 6.07 Å². The van der Waals surface area contributed by atoms with Gasteiger partial charge in [-0.3, -0.25) is 0 Å². The third kappa shape index (κ3) is 1.26. The summed E-state index contributed by atoms with van der Waals surface area (Å²) in [7, 11) is 0. The highest BCUT2D eigenvalue weighted by atomic mass is 35.5. The van der Waals surface area contributed by atoms with Crippen LogP contribution in [0.3, 0.4) is 0 Å². The molecule has 1 aromatic carbocycles. The molecule has 70 valence electrons. The van der Waals surface area contributed by atoms with E-state index >= 15 is 0 Å². The minimum Gasteiger partial charge on any atom is -0.207 e. The summed E-state index contributed by atoms with van der Waals surface area (Å²) in [6.45, 7) is 3.94. The lowest BCUT2D eigenvalue weighted by Gasteiger charge is -2.23. The highest BCUT2D eigenvalue weighted by Gasteiger charge is 2.23. The van der Waals surface area contributed by atoms with Crippen LogP contribution in [0.5, 0.6) is 0 Å². The van der Waals surface area contributed by atoms with Crippen molar-refractivity contribution in [1.82, 2.24) is 0 Å². The fraction of sp³-hybridized carbons (Fsp3) is 0.455. The maximum Gasteiger partial charge on any atom is 0.128 e. The molecule has 0 nitrogen and oxygen atoms in total. The Bertz CT molecular complexity index is 356. The van der Waals surface area contributed by atoms with Gasteiger partial charge < -0.3 is 0 Å². The molecule has 0 spiro atoms. The van der Waals surface area contributed by atoms with Crippen molar-refractivity contribution in [3.05, 3.63) is 33.6 Å². The number of rotatable bonds is 1. The summed E-state index contributed by atoms with van der Waals surface area (Å²) in [4.78, 5) is 0. The van der Waals surface area contributed by atoms with Crippen molar-refractivity contribution in [2.45, 2.75) is 32.6 Å². The van der Waals surface area contributed by atoms with Crippen LogP contribution in [0, 0.1) is 5.82 Å². The van der Waals surface area contributed by atoms with Gasteiger partial charge in [-0.05, 0) is 36.0 Å². The number of hydrogen-bond donors (Lipinski definition) is 0. The summed E-state index contributed by atoms with van der Waals surface area (Å²) in [5, 5.41) is 0.663. The van der Waals surface area contributed by atoms with Crippen molar-refractivity contribution >= 4 is 11.6 Å². The SMILES string of the molecule is CC(C)c1c(F)cc2c(c1Cl)CC2. The lowest BCUT2D eigenvalue weighted by atomic mass is 9.85. The van der Waals surface area contributed by atoms with E-state index in [1.807, 2.05) is 13.8 Å². The van der Waals surface area contributed by atoms with Crippen LogP contribution in [0.4, 0.5) is 4.39 Å². The van der Waals surface area contributed by atoms with Gasteiger partial charge in [0, 0.05) is 5.56 Å². The predicted octanol–water partition coefficient (Wildman–Crippen LogP) is 3.70. The van der Waals surface area contributed by atoms with Gasteiger partial charge in [-0.2, -0.15) is 0 Å². The van der Waals surface area contributed by atoms with Gasteiger partial charge >= 0.3 is 0 Å². The lowest BCUT2D eigenvalue weighted by Crippen LogP contribution is -2.12. The van der Waals surface area contributed by atoms with Gasteiger partial charge in [0.2, 0.25) is 0 Å². The Morgan fingerprint density at radius 3 is 2.54 bits per heavy atom. The molecule has 0 saturated heterocycles. The molecular weight excluding hydrogens is 187 g/mol. The first-order valence-electron chi connectivity index (χ1n) is 4.61. The Morgan fingerprint density at radius 1 is 1.38 bits per heavy atom. The standard InChI is InChI=1S/C11H12ClF/c1-6(2)10-9(13)5-7-3-4-8(7)11(10)12/h5-6H,3-4H2,1-2H3. The van der Waals surface area contributed by atoms with E-state index in [2.05, 4.69) is 0 Å². The molecule has 0 saturated carbocycles. The zero-order valence-electron chi connectivity index (χ0n) is 7.82. The topological polar surface area (TPSA) is 0 Å². The lowest BCUT2D eigenvalue weighted by molar-refractivity contribution is 0.590. The molecule has 1 aliphatic rings. The smallest absolute Gasteiger partial charge is 0.128 e. The van der Waals surface area contributed by atoms with Crippen molar-refractivity contribution in [2.75, 3.05) is 0 Å². The quantitative estimate of drug-likeness (QED) is 0.646. The number of fused-ring (bicyclic) bond motifs is 1. The van der Waals surface area contributed by atoms with E-state index < -0.39 is 0 Å². The molecule has 0 unspecified atom stereocenters. The van der Waals surface area contributed by atoms with Crippen LogP contribution in [-0.2, 0) is 12.8 Å². The van der Waals surface area contributed by atoms with Crippen LogP contribution in [-0.4, -0.2) is 0 Å². The third-order valence-electron chi connectivity index (χ3n) is 2.67. The Kier molecular flexibility index (Phi) is 2.07. The van der Waals surface area contributed by atoms with Gasteiger partial charge in [0.05, 0.1) is 5.02 Å². The summed E-state index contributed by atoms with van der Waals surface area (Å²) in [6.07, 6.45) is 1.98. The summed E-state index contributed by atoms with van der Waals surface area (Å²) in [6, 6.07) is 1.64. The van der Waals surface area contributed by atoms with Gasteiger partial charge in [-0.15, -0.1) is 0 Å². The Morgan fingerprint density at radius 2 is 2.08 bits per heavy atom. The largest absolute Gasteiger partial charge is 0.207 e. The minimum atomic E-state index is -0.140. The van der Waals surface area contributed by atoms with Gasteiger partial charge in [-0.25, -0.2) is 4.39 Å². The second-order valence-electron chi connectivity index (χ2n) is 3.88. The predicted molar refractivity (Wildman–Crippen MR) is 52.9 cm³/mol. The molecule has 1 aliphatic carbocycles.